The maximum absolute atomic E-state index is 14.1. The number of rotatable bonds is 11. The number of nitrogens with zero attached hydrogens (tertiary/aromatic N) is 2. The van der Waals surface area contributed by atoms with E-state index >= 15 is 0 Å². The van der Waals surface area contributed by atoms with E-state index in [0.717, 1.165) is 15.4 Å². The Morgan fingerprint density at radius 2 is 1.55 bits per heavy atom. The molecule has 1 N–H and O–H groups in total. The highest BCUT2D eigenvalue weighted by Crippen LogP contribution is 2.29. The third kappa shape index (κ3) is 7.36. The second-order valence-electron chi connectivity index (χ2n) is 9.69. The van der Waals surface area contributed by atoms with E-state index in [1.54, 1.807) is 57.2 Å². The van der Waals surface area contributed by atoms with Crippen molar-refractivity contribution < 1.29 is 18.0 Å². The number of sulfonamides is 1. The zero-order valence-electron chi connectivity index (χ0n) is 23.4. The lowest BCUT2D eigenvalue weighted by atomic mass is 10.1. The minimum atomic E-state index is -4.15. The smallest absolute Gasteiger partial charge is 0.264 e. The fraction of sp³-hybridized carbons (Fsp3) is 0.333. The van der Waals surface area contributed by atoms with Crippen LogP contribution in [0.3, 0.4) is 0 Å². The first-order chi connectivity index (χ1) is 18.9. The molecule has 3 aromatic carbocycles. The summed E-state index contributed by atoms with van der Waals surface area (Å²) in [5.74, 6) is -0.871. The molecule has 0 aliphatic carbocycles. The molecule has 0 bridgehead atoms. The summed E-state index contributed by atoms with van der Waals surface area (Å²) in [6, 6.07) is 16.0. The lowest BCUT2D eigenvalue weighted by Gasteiger charge is -2.33. The molecule has 0 aromatic heterocycles. The number of carbonyl (C=O) groups is 2. The Labute approximate surface area is 247 Å². The van der Waals surface area contributed by atoms with Crippen molar-refractivity contribution in [3.8, 4) is 0 Å². The quantitative estimate of drug-likeness (QED) is 0.289. The van der Waals surface area contributed by atoms with Crippen LogP contribution >= 0.6 is 23.2 Å². The van der Waals surface area contributed by atoms with Gasteiger partial charge >= 0.3 is 0 Å². The molecule has 3 rings (SSSR count). The minimum absolute atomic E-state index is 0.00427. The minimum Gasteiger partial charge on any atom is -0.355 e. The molecule has 40 heavy (non-hydrogen) atoms. The van der Waals surface area contributed by atoms with Crippen LogP contribution in [0.5, 0.6) is 0 Å². The van der Waals surface area contributed by atoms with E-state index in [0.29, 0.717) is 39.8 Å². The molecule has 0 heterocycles. The molecule has 0 saturated heterocycles. The number of hydrogen-bond donors (Lipinski definition) is 1. The molecule has 3 aromatic rings. The number of aryl methyl sites for hydroxylation is 3. The summed E-state index contributed by atoms with van der Waals surface area (Å²) in [6.45, 7) is 8.99. The number of nitrogens with one attached hydrogen (secondary N) is 1. The predicted octanol–water partition coefficient (Wildman–Crippen LogP) is 6.06. The molecule has 0 saturated carbocycles. The monoisotopic (exact) mass is 603 g/mol. The highest BCUT2D eigenvalue weighted by atomic mass is 35.5. The fourth-order valence-corrected chi connectivity index (χ4v) is 6.32. The summed E-state index contributed by atoms with van der Waals surface area (Å²) < 4.78 is 29.2. The molecule has 0 aliphatic heterocycles. The van der Waals surface area contributed by atoms with Gasteiger partial charge in [-0.2, -0.15) is 0 Å². The third-order valence-electron chi connectivity index (χ3n) is 6.61. The largest absolute Gasteiger partial charge is 0.355 e. The van der Waals surface area contributed by atoms with E-state index < -0.39 is 28.5 Å². The molecular formula is C30H35Cl2N3O4S. The number of halogens is 2. The van der Waals surface area contributed by atoms with Crippen LogP contribution in [0.2, 0.25) is 10.0 Å². The molecule has 7 nitrogen and oxygen atoms in total. The highest BCUT2D eigenvalue weighted by molar-refractivity contribution is 7.92. The maximum atomic E-state index is 14.1. The molecular weight excluding hydrogens is 569 g/mol. The van der Waals surface area contributed by atoms with Gasteiger partial charge in [-0.05, 0) is 81.1 Å². The van der Waals surface area contributed by atoms with Gasteiger partial charge in [-0.25, -0.2) is 8.42 Å². The summed E-state index contributed by atoms with van der Waals surface area (Å²) in [5, 5.41) is 3.57. The van der Waals surface area contributed by atoms with Gasteiger partial charge in [0.15, 0.2) is 0 Å². The zero-order chi connectivity index (χ0) is 29.6. The van der Waals surface area contributed by atoms with Gasteiger partial charge < -0.3 is 10.2 Å². The maximum Gasteiger partial charge on any atom is 0.264 e. The number of anilines is 1. The lowest BCUT2D eigenvalue weighted by molar-refractivity contribution is -0.140. The SMILES string of the molecule is CCNC(=O)[C@H](CC)N(Cc1ccc(Cl)cc1Cl)C(=O)CN(c1cc(C)ccc1C)S(=O)(=O)c1ccc(C)cc1. The molecule has 2 amide bonds. The molecule has 0 aliphatic rings. The average Bonchev–Trinajstić information content (AvgIpc) is 2.90. The van der Waals surface area contributed by atoms with Crippen LogP contribution in [0.25, 0.3) is 0 Å². The average molecular weight is 605 g/mol. The van der Waals surface area contributed by atoms with Gasteiger partial charge in [0.25, 0.3) is 10.0 Å². The number of benzene rings is 3. The van der Waals surface area contributed by atoms with Gasteiger partial charge in [0.2, 0.25) is 11.8 Å². The summed E-state index contributed by atoms with van der Waals surface area (Å²) >= 11 is 12.5. The number of carbonyl (C=O) groups excluding carboxylic acids is 2. The normalized spacial score (nSPS) is 12.1. The zero-order valence-corrected chi connectivity index (χ0v) is 25.7. The van der Waals surface area contributed by atoms with Crippen LogP contribution < -0.4 is 9.62 Å². The van der Waals surface area contributed by atoms with Crippen LogP contribution in [0, 0.1) is 20.8 Å². The van der Waals surface area contributed by atoms with Crippen LogP contribution in [0.15, 0.2) is 65.6 Å². The topological polar surface area (TPSA) is 86.8 Å². The van der Waals surface area contributed by atoms with Crippen molar-refractivity contribution in [2.75, 3.05) is 17.4 Å². The van der Waals surface area contributed by atoms with Gasteiger partial charge in [-0.1, -0.05) is 66.0 Å². The van der Waals surface area contributed by atoms with E-state index in [1.165, 1.54) is 17.0 Å². The van der Waals surface area contributed by atoms with E-state index in [4.69, 9.17) is 23.2 Å². The van der Waals surface area contributed by atoms with Crippen LogP contribution in [-0.2, 0) is 26.2 Å². The van der Waals surface area contributed by atoms with Crippen LogP contribution in [0.1, 0.15) is 42.5 Å². The Kier molecular flexibility index (Phi) is 10.6. The number of hydrogen-bond acceptors (Lipinski definition) is 4. The molecule has 0 fully saturated rings. The second-order valence-corrected chi connectivity index (χ2v) is 12.4. The van der Waals surface area contributed by atoms with E-state index in [9.17, 15) is 18.0 Å². The molecule has 0 radical (unpaired) electrons. The van der Waals surface area contributed by atoms with Crippen LogP contribution in [-0.4, -0.2) is 44.3 Å². The Bertz CT molecular complexity index is 1480. The molecule has 1 atom stereocenters. The first-order valence-corrected chi connectivity index (χ1v) is 15.3. The Morgan fingerprint density at radius 3 is 2.15 bits per heavy atom. The first kappa shape index (κ1) is 31.5. The van der Waals surface area contributed by atoms with E-state index in [-0.39, 0.29) is 17.3 Å². The van der Waals surface area contributed by atoms with E-state index in [2.05, 4.69) is 5.32 Å². The van der Waals surface area contributed by atoms with Crippen LogP contribution in [0.4, 0.5) is 5.69 Å². The summed E-state index contributed by atoms with van der Waals surface area (Å²) in [4.78, 5) is 28.6. The van der Waals surface area contributed by atoms with Crippen molar-refractivity contribution in [2.24, 2.45) is 0 Å². The summed E-state index contributed by atoms with van der Waals surface area (Å²) in [5.41, 5.74) is 3.42. The van der Waals surface area contributed by atoms with Gasteiger partial charge in [-0.15, -0.1) is 0 Å². The third-order valence-corrected chi connectivity index (χ3v) is 8.97. The van der Waals surface area contributed by atoms with Gasteiger partial charge in [0.1, 0.15) is 12.6 Å². The first-order valence-electron chi connectivity index (χ1n) is 13.1. The van der Waals surface area contributed by atoms with Crippen molar-refractivity contribution in [3.05, 3.63) is 93.0 Å². The standard InChI is InChI=1S/C30H35Cl2N3O4S/c1-6-27(30(37)33-7-2)34(18-23-12-13-24(31)17-26(23)32)29(36)19-35(28-16-21(4)8-11-22(28)5)40(38,39)25-14-9-20(3)10-15-25/h8-17,27H,6-7,18-19H2,1-5H3,(H,33,37)/t27-/m0/s1. The number of amides is 2. The number of likely N-dealkylation sites (N-methyl/N-ethyl adjacent to an activating group) is 1. The van der Waals surface area contributed by atoms with Crippen molar-refractivity contribution >= 4 is 50.7 Å². The van der Waals surface area contributed by atoms with Crippen molar-refractivity contribution in [1.82, 2.24) is 10.2 Å². The van der Waals surface area contributed by atoms with Crippen molar-refractivity contribution in [3.63, 3.8) is 0 Å². The predicted molar refractivity (Wildman–Crippen MR) is 161 cm³/mol. The van der Waals surface area contributed by atoms with Crippen molar-refractivity contribution in [2.45, 2.75) is 58.5 Å². The Balaban J connectivity index is 2.12. The summed E-state index contributed by atoms with van der Waals surface area (Å²) in [6.07, 6.45) is 0.316. The van der Waals surface area contributed by atoms with E-state index in [1.807, 2.05) is 26.0 Å². The lowest BCUT2D eigenvalue weighted by Crippen LogP contribution is -2.52. The van der Waals surface area contributed by atoms with Gasteiger partial charge in [0.05, 0.1) is 10.6 Å². The highest BCUT2D eigenvalue weighted by Gasteiger charge is 2.34. The Hall–Kier alpha value is -3.07. The summed E-state index contributed by atoms with van der Waals surface area (Å²) in [7, 11) is -4.15. The van der Waals surface area contributed by atoms with Gasteiger partial charge in [-0.3, -0.25) is 13.9 Å². The molecule has 214 valence electrons. The van der Waals surface area contributed by atoms with Gasteiger partial charge in [0, 0.05) is 23.1 Å². The second kappa shape index (κ2) is 13.5. The Morgan fingerprint density at radius 1 is 0.900 bits per heavy atom. The fourth-order valence-electron chi connectivity index (χ4n) is 4.38. The molecule has 0 unspecified atom stereocenters. The molecule has 0 spiro atoms. The van der Waals surface area contributed by atoms with Crippen molar-refractivity contribution in [1.29, 1.82) is 0 Å². The molecule has 10 heteroatoms.